The highest BCUT2D eigenvalue weighted by molar-refractivity contribution is 6.30. The van der Waals surface area contributed by atoms with Crippen molar-refractivity contribution in [3.63, 3.8) is 0 Å². The number of halogens is 1. The first-order valence-corrected chi connectivity index (χ1v) is 5.70. The Labute approximate surface area is 113 Å². The van der Waals surface area contributed by atoms with Gasteiger partial charge in [-0.1, -0.05) is 17.7 Å². The molecule has 2 rings (SSSR count). The summed E-state index contributed by atoms with van der Waals surface area (Å²) in [5.74, 6) is -1.01. The van der Waals surface area contributed by atoms with E-state index in [0.29, 0.717) is 16.4 Å². The number of hydrogen-bond donors (Lipinski definition) is 3. The normalized spacial score (nSPS) is 10.2. The lowest BCUT2D eigenvalue weighted by atomic mass is 10.3. The van der Waals surface area contributed by atoms with Crippen LogP contribution in [0.5, 0.6) is 0 Å². The van der Waals surface area contributed by atoms with Gasteiger partial charge in [0.15, 0.2) is 11.7 Å². The molecule has 0 aliphatic carbocycles. The molecule has 1 amide bonds. The van der Waals surface area contributed by atoms with Crippen LogP contribution in [0.1, 0.15) is 16.2 Å². The second-order valence-corrected chi connectivity index (χ2v) is 4.21. The Morgan fingerprint density at radius 3 is 2.84 bits per heavy atom. The second kappa shape index (κ2) is 5.07. The van der Waals surface area contributed by atoms with E-state index in [0.717, 1.165) is 0 Å². The van der Waals surface area contributed by atoms with Gasteiger partial charge in [0.1, 0.15) is 0 Å². The molecule has 1 aromatic carbocycles. The van der Waals surface area contributed by atoms with Crippen LogP contribution in [-0.2, 0) is 0 Å². The number of rotatable bonds is 2. The summed E-state index contributed by atoms with van der Waals surface area (Å²) in [6.45, 7) is 1.64. The van der Waals surface area contributed by atoms with Gasteiger partial charge in [0.2, 0.25) is 0 Å². The molecule has 1 aromatic heterocycles. The second-order valence-electron chi connectivity index (χ2n) is 3.77. The molecule has 0 unspecified atom stereocenters. The molecule has 0 aliphatic rings. The van der Waals surface area contributed by atoms with Gasteiger partial charge in [-0.2, -0.15) is 9.90 Å². The highest BCUT2D eigenvalue weighted by Gasteiger charge is 2.16. The Hall–Kier alpha value is -2.41. The van der Waals surface area contributed by atoms with Gasteiger partial charge < -0.3 is 5.73 Å². The Morgan fingerprint density at radius 2 is 2.21 bits per heavy atom. The smallest absolute Gasteiger partial charge is 0.280 e. The van der Waals surface area contributed by atoms with Gasteiger partial charge in [-0.15, -0.1) is 5.10 Å². The quantitative estimate of drug-likeness (QED) is 0.559. The van der Waals surface area contributed by atoms with Crippen LogP contribution in [0.15, 0.2) is 24.3 Å². The van der Waals surface area contributed by atoms with Crippen LogP contribution in [0, 0.1) is 12.3 Å². The van der Waals surface area contributed by atoms with Crippen molar-refractivity contribution in [1.29, 1.82) is 5.41 Å². The Balaban J connectivity index is 2.36. The molecule has 0 aliphatic heterocycles. The zero-order valence-electron chi connectivity index (χ0n) is 10.0. The Morgan fingerprint density at radius 1 is 1.47 bits per heavy atom. The van der Waals surface area contributed by atoms with Crippen LogP contribution >= 0.6 is 11.6 Å². The van der Waals surface area contributed by atoms with E-state index >= 15 is 0 Å². The minimum absolute atomic E-state index is 0.107. The number of nitrogens with two attached hydrogens (primary N) is 1. The molecule has 1 heterocycles. The molecule has 4 N–H and O–H groups in total. The fourth-order valence-electron chi connectivity index (χ4n) is 1.49. The Bertz CT molecular complexity index is 650. The average Bonchev–Trinajstić information content (AvgIpc) is 2.70. The third-order valence-electron chi connectivity index (χ3n) is 2.28. The summed E-state index contributed by atoms with van der Waals surface area (Å²) in [5.41, 5.74) is 6.27. The molecule has 0 saturated heterocycles. The van der Waals surface area contributed by atoms with Gasteiger partial charge in [-0.25, -0.2) is 0 Å². The summed E-state index contributed by atoms with van der Waals surface area (Å²) >= 11 is 5.88. The molecule has 7 nitrogen and oxygen atoms in total. The fraction of sp³-hybridized carbons (Fsp3) is 0.0909. The minimum Gasteiger partial charge on any atom is -0.370 e. The van der Waals surface area contributed by atoms with Gasteiger partial charge in [-0.05, 0) is 25.1 Å². The lowest BCUT2D eigenvalue weighted by Crippen LogP contribution is -2.36. The summed E-state index contributed by atoms with van der Waals surface area (Å²) in [7, 11) is 0. The number of guanidine groups is 1. The third kappa shape index (κ3) is 2.89. The molecule has 0 fully saturated rings. The first kappa shape index (κ1) is 13.0. The summed E-state index contributed by atoms with van der Waals surface area (Å²) in [4.78, 5) is 13.0. The highest BCUT2D eigenvalue weighted by atomic mass is 35.5. The average molecular weight is 279 g/mol. The maximum atomic E-state index is 11.7. The number of carbonyl (C=O) groups excluding carboxylic acids is 1. The highest BCUT2D eigenvalue weighted by Crippen LogP contribution is 2.14. The molecule has 0 spiro atoms. The van der Waals surface area contributed by atoms with E-state index in [1.54, 1.807) is 31.2 Å². The summed E-state index contributed by atoms with van der Waals surface area (Å²) in [6, 6.07) is 6.92. The fourth-order valence-corrected chi connectivity index (χ4v) is 1.67. The van der Waals surface area contributed by atoms with Crippen molar-refractivity contribution in [3.05, 3.63) is 40.7 Å². The van der Waals surface area contributed by atoms with Crippen LogP contribution in [0.3, 0.4) is 0 Å². The number of benzene rings is 1. The number of aryl methyl sites for hydroxylation is 1. The van der Waals surface area contributed by atoms with Gasteiger partial charge >= 0.3 is 0 Å². The van der Waals surface area contributed by atoms with Crippen molar-refractivity contribution in [2.75, 3.05) is 0 Å². The predicted octanol–water partition coefficient (Wildman–Crippen LogP) is 0.852. The molecule has 2 aromatic rings. The monoisotopic (exact) mass is 278 g/mol. The van der Waals surface area contributed by atoms with Gasteiger partial charge in [-0.3, -0.25) is 15.5 Å². The van der Waals surface area contributed by atoms with Gasteiger partial charge in [0.05, 0.1) is 11.4 Å². The number of hydrogen-bond acceptors (Lipinski definition) is 4. The lowest BCUT2D eigenvalue weighted by molar-refractivity contribution is 0.0970. The first-order chi connectivity index (χ1) is 8.97. The standard InChI is InChI=1S/C11H11ClN6O/c1-6-9(10(19)15-11(13)14)17-18(16-6)8-4-2-3-7(12)5-8/h2-5H,1H3,(H4,13,14,15,19). The minimum atomic E-state index is -0.571. The van der Waals surface area contributed by atoms with Crippen molar-refractivity contribution < 1.29 is 4.79 Å². The molecule has 0 radical (unpaired) electrons. The first-order valence-electron chi connectivity index (χ1n) is 5.32. The number of nitrogens with one attached hydrogen (secondary N) is 2. The maximum Gasteiger partial charge on any atom is 0.280 e. The molecular weight excluding hydrogens is 268 g/mol. The zero-order valence-corrected chi connectivity index (χ0v) is 10.8. The van der Waals surface area contributed by atoms with E-state index in [1.807, 2.05) is 0 Å². The van der Waals surface area contributed by atoms with Crippen molar-refractivity contribution in [3.8, 4) is 5.69 Å². The predicted molar refractivity (Wildman–Crippen MR) is 70.5 cm³/mol. The lowest BCUT2D eigenvalue weighted by Gasteiger charge is -2.00. The zero-order chi connectivity index (χ0) is 14.0. The summed E-state index contributed by atoms with van der Waals surface area (Å²) in [5, 5.41) is 17.9. The van der Waals surface area contributed by atoms with Crippen molar-refractivity contribution in [2.24, 2.45) is 5.73 Å². The van der Waals surface area contributed by atoms with Crippen LogP contribution in [0.2, 0.25) is 5.02 Å². The van der Waals surface area contributed by atoms with Crippen molar-refractivity contribution in [1.82, 2.24) is 20.3 Å². The molecule has 98 valence electrons. The molecule has 8 heteroatoms. The van der Waals surface area contributed by atoms with Crippen LogP contribution in [0.25, 0.3) is 5.69 Å². The van der Waals surface area contributed by atoms with Gasteiger partial charge in [0.25, 0.3) is 5.91 Å². The van der Waals surface area contributed by atoms with E-state index < -0.39 is 11.9 Å². The van der Waals surface area contributed by atoms with E-state index in [2.05, 4.69) is 15.5 Å². The topological polar surface area (TPSA) is 110 Å². The van der Waals surface area contributed by atoms with E-state index in [9.17, 15) is 4.79 Å². The van der Waals surface area contributed by atoms with E-state index in [1.165, 1.54) is 4.80 Å². The van der Waals surface area contributed by atoms with Crippen molar-refractivity contribution in [2.45, 2.75) is 6.92 Å². The Kier molecular flexibility index (Phi) is 3.48. The number of carbonyl (C=O) groups is 1. The van der Waals surface area contributed by atoms with E-state index in [4.69, 9.17) is 22.7 Å². The molecule has 0 bridgehead atoms. The van der Waals surface area contributed by atoms with Gasteiger partial charge in [0, 0.05) is 5.02 Å². The third-order valence-corrected chi connectivity index (χ3v) is 2.52. The van der Waals surface area contributed by atoms with Crippen LogP contribution in [0.4, 0.5) is 0 Å². The number of aromatic nitrogens is 3. The SMILES string of the molecule is Cc1nn(-c2cccc(Cl)c2)nc1C(=O)NC(=N)N. The van der Waals surface area contributed by atoms with Crippen LogP contribution in [-0.4, -0.2) is 26.9 Å². The molecule has 0 saturated carbocycles. The maximum absolute atomic E-state index is 11.7. The molecular formula is C11H11ClN6O. The van der Waals surface area contributed by atoms with E-state index in [-0.39, 0.29) is 5.69 Å². The van der Waals surface area contributed by atoms with Crippen molar-refractivity contribution >= 4 is 23.5 Å². The summed E-state index contributed by atoms with van der Waals surface area (Å²) in [6.07, 6.45) is 0. The largest absolute Gasteiger partial charge is 0.370 e. The molecule has 0 atom stereocenters. The van der Waals surface area contributed by atoms with Crippen LogP contribution < -0.4 is 11.1 Å². The number of nitrogens with zero attached hydrogens (tertiary/aromatic N) is 3. The molecule has 19 heavy (non-hydrogen) atoms. The number of amides is 1. The summed E-state index contributed by atoms with van der Waals surface area (Å²) < 4.78 is 0.